The van der Waals surface area contributed by atoms with Gasteiger partial charge >= 0.3 is 0 Å². The number of benzene rings is 10. The predicted molar refractivity (Wildman–Crippen MR) is 272 cm³/mol. The Labute approximate surface area is 376 Å². The zero-order valence-corrected chi connectivity index (χ0v) is 38.0. The largest absolute Gasteiger partial charge is 0.0622 e. The van der Waals surface area contributed by atoms with E-state index in [1.165, 1.54) is 143 Å². The number of hydrogen-bond acceptors (Lipinski definition) is 0. The van der Waals surface area contributed by atoms with Crippen molar-refractivity contribution in [1.82, 2.24) is 0 Å². The maximum absolute atomic E-state index is 2.51. The van der Waals surface area contributed by atoms with Gasteiger partial charge in [0.05, 0.1) is 0 Å². The summed E-state index contributed by atoms with van der Waals surface area (Å²) in [6.07, 6.45) is 0. The van der Waals surface area contributed by atoms with Crippen molar-refractivity contribution in [2.75, 3.05) is 0 Å². The van der Waals surface area contributed by atoms with Crippen molar-refractivity contribution < 1.29 is 0 Å². The van der Waals surface area contributed by atoms with Crippen LogP contribution in [0.5, 0.6) is 0 Å². The zero-order valence-electron chi connectivity index (χ0n) is 38.0. The van der Waals surface area contributed by atoms with Crippen LogP contribution < -0.4 is 0 Å². The lowest BCUT2D eigenvalue weighted by molar-refractivity contribution is 0.625. The van der Waals surface area contributed by atoms with E-state index in [-0.39, 0.29) is 21.7 Å². The van der Waals surface area contributed by atoms with E-state index in [1.807, 2.05) is 0 Å². The van der Waals surface area contributed by atoms with Crippen LogP contribution in [0.15, 0.2) is 158 Å². The maximum Gasteiger partial charge on any atom is 0.0165 e. The Morgan fingerprint density at radius 3 is 0.750 bits per heavy atom. The van der Waals surface area contributed by atoms with E-state index in [4.69, 9.17) is 0 Å². The average Bonchev–Trinajstić information content (AvgIpc) is 3.30. The molecule has 10 aromatic carbocycles. The molecule has 0 fully saturated rings. The molecule has 306 valence electrons. The molecule has 0 aromatic heterocycles. The van der Waals surface area contributed by atoms with Gasteiger partial charge in [-0.2, -0.15) is 0 Å². The smallest absolute Gasteiger partial charge is 0.0165 e. The number of rotatable bonds is 3. The van der Waals surface area contributed by atoms with Gasteiger partial charge in [-0.05, 0) is 143 Å². The van der Waals surface area contributed by atoms with Crippen molar-refractivity contribution >= 4 is 43.1 Å². The van der Waals surface area contributed by atoms with Gasteiger partial charge in [0.25, 0.3) is 0 Å². The van der Waals surface area contributed by atoms with Crippen LogP contribution >= 0.6 is 0 Å². The molecule has 64 heavy (non-hydrogen) atoms. The second-order valence-electron chi connectivity index (χ2n) is 21.5. The van der Waals surface area contributed by atoms with Gasteiger partial charge in [0, 0.05) is 21.7 Å². The molecular weight excluding hydrogens is 769 g/mol. The molecule has 0 heterocycles. The summed E-state index contributed by atoms with van der Waals surface area (Å²) in [5.41, 5.74) is 24.3. The highest BCUT2D eigenvalue weighted by atomic mass is 14.5. The van der Waals surface area contributed by atoms with E-state index >= 15 is 0 Å². The summed E-state index contributed by atoms with van der Waals surface area (Å²) in [7, 11) is 0. The van der Waals surface area contributed by atoms with Crippen LogP contribution in [-0.2, 0) is 21.7 Å². The first-order valence-electron chi connectivity index (χ1n) is 23.4. The van der Waals surface area contributed by atoms with Crippen molar-refractivity contribution in [3.8, 4) is 55.6 Å². The van der Waals surface area contributed by atoms with Gasteiger partial charge in [-0.1, -0.05) is 213 Å². The Morgan fingerprint density at radius 1 is 0.234 bits per heavy atom. The Hall–Kier alpha value is -6.76. The Kier molecular flexibility index (Phi) is 6.69. The third-order valence-electron chi connectivity index (χ3n) is 16.9. The highest BCUT2D eigenvalue weighted by Gasteiger charge is 2.47. The van der Waals surface area contributed by atoms with Crippen molar-refractivity contribution in [2.24, 2.45) is 0 Å². The fraction of sp³-hybridized carbons (Fsp3) is 0.188. The van der Waals surface area contributed by atoms with Crippen LogP contribution in [0.25, 0.3) is 98.7 Å². The molecule has 10 aromatic rings. The second-order valence-corrected chi connectivity index (χ2v) is 21.5. The Balaban J connectivity index is 1.11. The summed E-state index contributed by atoms with van der Waals surface area (Å²) in [6.45, 7) is 19.9. The highest BCUT2D eigenvalue weighted by Crippen LogP contribution is 2.64. The normalized spacial score (nSPS) is 16.9. The van der Waals surface area contributed by atoms with Crippen LogP contribution in [0, 0.1) is 0 Å². The van der Waals surface area contributed by atoms with E-state index in [9.17, 15) is 0 Å². The molecular formula is C64H50. The fourth-order valence-electron chi connectivity index (χ4n) is 14.1. The van der Waals surface area contributed by atoms with Crippen LogP contribution in [0.1, 0.15) is 99.9 Å². The molecule has 0 bridgehead atoms. The molecule has 4 aliphatic rings. The molecule has 0 amide bonds. The van der Waals surface area contributed by atoms with Crippen molar-refractivity contribution in [3.63, 3.8) is 0 Å². The van der Waals surface area contributed by atoms with Crippen LogP contribution in [-0.4, -0.2) is 0 Å². The van der Waals surface area contributed by atoms with Gasteiger partial charge in [0.2, 0.25) is 0 Å². The first kappa shape index (κ1) is 36.7. The van der Waals surface area contributed by atoms with E-state index in [0.29, 0.717) is 0 Å². The summed E-state index contributed by atoms with van der Waals surface area (Å²) < 4.78 is 0. The topological polar surface area (TPSA) is 0 Å². The molecule has 0 N–H and O–H groups in total. The number of hydrogen-bond donors (Lipinski definition) is 0. The maximum atomic E-state index is 2.51. The summed E-state index contributed by atoms with van der Waals surface area (Å²) in [6, 6.07) is 61.0. The van der Waals surface area contributed by atoms with Gasteiger partial charge in [0.1, 0.15) is 0 Å². The van der Waals surface area contributed by atoms with Crippen LogP contribution in [0.2, 0.25) is 0 Å². The summed E-state index contributed by atoms with van der Waals surface area (Å²) >= 11 is 0. The van der Waals surface area contributed by atoms with E-state index in [2.05, 4.69) is 213 Å². The molecule has 0 saturated heterocycles. The minimum atomic E-state index is -0.277. The summed E-state index contributed by atoms with van der Waals surface area (Å²) in [5.74, 6) is 0. The molecule has 0 saturated carbocycles. The molecule has 0 atom stereocenters. The molecule has 0 spiro atoms. The first-order valence-corrected chi connectivity index (χ1v) is 23.4. The minimum absolute atomic E-state index is 0.219. The standard InChI is InChI=1S/C64H50/c1-61(2)45-31-25-39-21-29-43(59-51(39)55(45)53-47(63(59,5)6)33-23-37-19-27-41(57(61)49(37)53)35-15-11-9-12-16-35)44-30-22-40-26-32-46-56-52(40)60(44)64(7,8)48-34-24-38-20-28-42(36-17-13-10-14-18-36)58(62(46,3)4)50(38)54(48)56/h9-34H,1-8H3. The van der Waals surface area contributed by atoms with Gasteiger partial charge in [-0.25, -0.2) is 0 Å². The van der Waals surface area contributed by atoms with Crippen molar-refractivity contribution in [3.05, 3.63) is 202 Å². The van der Waals surface area contributed by atoms with Gasteiger partial charge in [-0.3, -0.25) is 0 Å². The summed E-state index contributed by atoms with van der Waals surface area (Å²) in [5, 5.41) is 11.1. The van der Waals surface area contributed by atoms with E-state index in [0.717, 1.165) is 0 Å². The monoisotopic (exact) mass is 818 g/mol. The highest BCUT2D eigenvalue weighted by molar-refractivity contribution is 6.20. The average molecular weight is 819 g/mol. The second kappa shape index (κ2) is 11.7. The minimum Gasteiger partial charge on any atom is -0.0622 e. The van der Waals surface area contributed by atoms with E-state index in [1.54, 1.807) is 0 Å². The first-order chi connectivity index (χ1) is 30.8. The molecule has 0 radical (unpaired) electrons. The molecule has 14 rings (SSSR count). The SMILES string of the molecule is CC1(C)c2ccc3ccc(-c4ccc5ccc6c7c5c4C(C)(C)c4ccc5ccc(-c8ccccc8)c(c5c4-7)C6(C)C)c4c3c2-c2c(ccc3ccc(-c5ccccc5)c1c23)C4(C)C. The Morgan fingerprint density at radius 2 is 0.469 bits per heavy atom. The molecule has 0 nitrogen and oxygen atoms in total. The van der Waals surface area contributed by atoms with Gasteiger partial charge in [0.15, 0.2) is 0 Å². The molecule has 0 heteroatoms. The lowest BCUT2D eigenvalue weighted by Gasteiger charge is -2.46. The quantitative estimate of drug-likeness (QED) is 0.167. The van der Waals surface area contributed by atoms with E-state index < -0.39 is 0 Å². The summed E-state index contributed by atoms with van der Waals surface area (Å²) in [4.78, 5) is 0. The third kappa shape index (κ3) is 4.18. The van der Waals surface area contributed by atoms with Crippen molar-refractivity contribution in [2.45, 2.75) is 77.0 Å². The molecule has 4 aliphatic carbocycles. The fourth-order valence-corrected chi connectivity index (χ4v) is 14.1. The van der Waals surface area contributed by atoms with Gasteiger partial charge < -0.3 is 0 Å². The zero-order chi connectivity index (χ0) is 43.4. The predicted octanol–water partition coefficient (Wildman–Crippen LogP) is 17.2. The van der Waals surface area contributed by atoms with Crippen LogP contribution in [0.4, 0.5) is 0 Å². The van der Waals surface area contributed by atoms with Crippen LogP contribution in [0.3, 0.4) is 0 Å². The van der Waals surface area contributed by atoms with Crippen molar-refractivity contribution in [1.29, 1.82) is 0 Å². The lowest BCUT2D eigenvalue weighted by Crippen LogP contribution is -2.32. The van der Waals surface area contributed by atoms with Gasteiger partial charge in [-0.15, -0.1) is 0 Å². The molecule has 0 unspecified atom stereocenters. The Bertz CT molecular complexity index is 3540. The lowest BCUT2D eigenvalue weighted by atomic mass is 9.57. The third-order valence-corrected chi connectivity index (χ3v) is 16.9. The molecule has 0 aliphatic heterocycles.